The molecular formula is C29H54BrIN2. The van der Waals surface area contributed by atoms with Crippen LogP contribution in [0.25, 0.3) is 0 Å². The van der Waals surface area contributed by atoms with Gasteiger partial charge in [0.05, 0.1) is 26.2 Å². The molecular weight excluding hydrogens is 583 g/mol. The van der Waals surface area contributed by atoms with Gasteiger partial charge in [-0.15, -0.1) is 0 Å². The standard InChI is InChI=1S/C29H54N2.BrH.HI/c1-4-5-6-7-8-9-10-11-12-13-14-15-16-17-18-19-24-30-25-20-22-28(27-30)29-23-21-26-31(29,2)3;;/h20,22,25,27,29H,4-19,21,23-24,26H2,1-3H3;2*1H/q+2;;/p-2/t29-;;/m0../s1. The van der Waals surface area contributed by atoms with Gasteiger partial charge in [-0.25, -0.2) is 4.57 Å². The Kier molecular flexibility index (Phi) is 20.7. The summed E-state index contributed by atoms with van der Waals surface area (Å²) in [5, 5.41) is 0. The van der Waals surface area contributed by atoms with E-state index in [4.69, 9.17) is 0 Å². The van der Waals surface area contributed by atoms with Crippen molar-refractivity contribution < 1.29 is 50.0 Å². The van der Waals surface area contributed by atoms with Crippen molar-refractivity contribution in [3.63, 3.8) is 0 Å². The quantitative estimate of drug-likeness (QED) is 0.101. The maximum absolute atomic E-state index is 2.44. The first-order valence-electron chi connectivity index (χ1n) is 13.9. The van der Waals surface area contributed by atoms with E-state index in [1.807, 2.05) is 0 Å². The molecule has 194 valence electrons. The number of hydrogen-bond acceptors (Lipinski definition) is 0. The van der Waals surface area contributed by atoms with Gasteiger partial charge in [0.15, 0.2) is 12.4 Å². The van der Waals surface area contributed by atoms with E-state index < -0.39 is 0 Å². The highest BCUT2D eigenvalue weighted by Crippen LogP contribution is 2.35. The first-order valence-corrected chi connectivity index (χ1v) is 13.9. The Hall–Kier alpha value is 0.320. The van der Waals surface area contributed by atoms with E-state index in [2.05, 4.69) is 50.1 Å². The first kappa shape index (κ1) is 33.3. The molecule has 33 heavy (non-hydrogen) atoms. The van der Waals surface area contributed by atoms with Crippen molar-refractivity contribution in [3.05, 3.63) is 30.1 Å². The number of aromatic nitrogens is 1. The largest absolute Gasteiger partial charge is 1.00 e. The van der Waals surface area contributed by atoms with Crippen LogP contribution in [0.15, 0.2) is 24.5 Å². The van der Waals surface area contributed by atoms with Gasteiger partial charge in [-0.3, -0.25) is 0 Å². The fourth-order valence-electron chi connectivity index (χ4n) is 5.49. The number of hydrogen-bond donors (Lipinski definition) is 0. The minimum Gasteiger partial charge on any atom is -1.00 e. The Morgan fingerprint density at radius 3 is 1.73 bits per heavy atom. The lowest BCUT2D eigenvalue weighted by atomic mass is 10.0. The van der Waals surface area contributed by atoms with Crippen LogP contribution in [0, 0.1) is 0 Å². The number of unbranched alkanes of at least 4 members (excludes halogenated alkanes) is 15. The summed E-state index contributed by atoms with van der Waals surface area (Å²) in [7, 11) is 4.79. The first-order chi connectivity index (χ1) is 15.1. The molecule has 1 aromatic heterocycles. The van der Waals surface area contributed by atoms with Gasteiger partial charge in [-0.05, 0) is 12.5 Å². The fourth-order valence-corrected chi connectivity index (χ4v) is 5.49. The Morgan fingerprint density at radius 2 is 1.27 bits per heavy atom. The second-order valence-corrected chi connectivity index (χ2v) is 10.8. The molecule has 0 N–H and O–H groups in total. The van der Waals surface area contributed by atoms with Gasteiger partial charge >= 0.3 is 0 Å². The van der Waals surface area contributed by atoms with Crippen LogP contribution in [0.2, 0.25) is 0 Å². The second kappa shape index (κ2) is 20.5. The molecule has 0 radical (unpaired) electrons. The molecule has 1 aliphatic rings. The molecule has 1 atom stereocenters. The molecule has 1 aliphatic heterocycles. The summed E-state index contributed by atoms with van der Waals surface area (Å²) in [5.74, 6) is 0. The summed E-state index contributed by atoms with van der Waals surface area (Å²) in [5.41, 5.74) is 1.54. The van der Waals surface area contributed by atoms with Crippen molar-refractivity contribution in [1.29, 1.82) is 0 Å². The molecule has 0 amide bonds. The number of rotatable bonds is 18. The van der Waals surface area contributed by atoms with Crippen LogP contribution in [0.1, 0.15) is 134 Å². The van der Waals surface area contributed by atoms with Crippen LogP contribution in [0.5, 0.6) is 0 Å². The molecule has 2 heterocycles. The van der Waals surface area contributed by atoms with Crippen LogP contribution in [-0.2, 0) is 6.54 Å². The van der Waals surface area contributed by atoms with Gasteiger partial charge in [-0.2, -0.15) is 0 Å². The molecule has 1 aromatic rings. The monoisotopic (exact) mass is 636 g/mol. The number of aryl methyl sites for hydroxylation is 1. The minimum absolute atomic E-state index is 0. The normalized spacial score (nSPS) is 16.9. The van der Waals surface area contributed by atoms with Crippen molar-refractivity contribution in [2.45, 2.75) is 135 Å². The van der Waals surface area contributed by atoms with Gasteiger partial charge in [0.1, 0.15) is 12.6 Å². The molecule has 0 aromatic carbocycles. The highest BCUT2D eigenvalue weighted by atomic mass is 127. The molecule has 0 saturated carbocycles. The summed E-state index contributed by atoms with van der Waals surface area (Å²) in [4.78, 5) is 0. The van der Waals surface area contributed by atoms with E-state index in [0.29, 0.717) is 6.04 Å². The zero-order valence-corrected chi connectivity index (χ0v) is 25.9. The third kappa shape index (κ3) is 14.5. The smallest absolute Gasteiger partial charge is 0.177 e. The maximum Gasteiger partial charge on any atom is 0.177 e. The molecule has 2 rings (SSSR count). The van der Waals surface area contributed by atoms with Gasteiger partial charge in [0, 0.05) is 25.3 Å². The Bertz CT molecular complexity index is 578. The SMILES string of the molecule is CCCCCCCCCCCCCCCCCC[n+]1cccc([C@@H]2CCC[N+]2(C)C)c1.[Br-].[I-]. The van der Waals surface area contributed by atoms with Crippen molar-refractivity contribution in [2.24, 2.45) is 0 Å². The van der Waals surface area contributed by atoms with Crippen molar-refractivity contribution >= 4 is 0 Å². The molecule has 0 spiro atoms. The molecule has 0 aliphatic carbocycles. The number of quaternary nitrogens is 1. The highest BCUT2D eigenvalue weighted by Gasteiger charge is 2.36. The third-order valence-corrected chi connectivity index (χ3v) is 7.59. The lowest BCUT2D eigenvalue weighted by molar-refractivity contribution is -0.908. The maximum atomic E-state index is 2.44. The average Bonchev–Trinajstić information content (AvgIpc) is 3.12. The summed E-state index contributed by atoms with van der Waals surface area (Å²) in [6, 6.07) is 5.30. The minimum atomic E-state index is 0. The predicted molar refractivity (Wildman–Crippen MR) is 135 cm³/mol. The zero-order valence-electron chi connectivity index (χ0n) is 22.2. The van der Waals surface area contributed by atoms with Gasteiger partial charge in [-0.1, -0.05) is 96.8 Å². The van der Waals surface area contributed by atoms with Crippen LogP contribution < -0.4 is 45.5 Å². The number of pyridine rings is 1. The molecule has 1 fully saturated rings. The second-order valence-electron chi connectivity index (χ2n) is 10.8. The molecule has 4 heteroatoms. The van der Waals surface area contributed by atoms with E-state index in [-0.39, 0.29) is 41.0 Å². The van der Waals surface area contributed by atoms with E-state index in [1.54, 1.807) is 5.56 Å². The Balaban J connectivity index is 0.00000512. The predicted octanol–water partition coefficient (Wildman–Crippen LogP) is 2.15. The zero-order chi connectivity index (χ0) is 22.2. The summed E-state index contributed by atoms with van der Waals surface area (Å²) in [6.45, 7) is 4.81. The van der Waals surface area contributed by atoms with E-state index in [0.717, 1.165) is 4.48 Å². The molecule has 0 unspecified atom stereocenters. The van der Waals surface area contributed by atoms with E-state index in [1.165, 1.54) is 129 Å². The molecule has 0 bridgehead atoms. The third-order valence-electron chi connectivity index (χ3n) is 7.59. The molecule has 1 saturated heterocycles. The number of halogens is 2. The summed E-state index contributed by atoms with van der Waals surface area (Å²) < 4.78 is 3.60. The van der Waals surface area contributed by atoms with Crippen LogP contribution in [0.4, 0.5) is 0 Å². The Labute approximate surface area is 234 Å². The molecule has 2 nitrogen and oxygen atoms in total. The van der Waals surface area contributed by atoms with E-state index >= 15 is 0 Å². The number of likely N-dealkylation sites (tertiary alicyclic amines) is 1. The van der Waals surface area contributed by atoms with Crippen LogP contribution in [-0.4, -0.2) is 25.1 Å². The van der Waals surface area contributed by atoms with Crippen LogP contribution in [0.3, 0.4) is 0 Å². The van der Waals surface area contributed by atoms with Crippen molar-refractivity contribution in [3.8, 4) is 0 Å². The van der Waals surface area contributed by atoms with Gasteiger partial charge in [0.25, 0.3) is 0 Å². The lowest BCUT2D eigenvalue weighted by Crippen LogP contribution is -3.00. The fraction of sp³-hybridized carbons (Fsp3) is 0.828. The average molecular weight is 638 g/mol. The van der Waals surface area contributed by atoms with E-state index in [9.17, 15) is 0 Å². The highest BCUT2D eigenvalue weighted by molar-refractivity contribution is 5.10. The summed E-state index contributed by atoms with van der Waals surface area (Å²) in [6.07, 6.45) is 30.5. The van der Waals surface area contributed by atoms with Gasteiger partial charge in [0.2, 0.25) is 0 Å². The van der Waals surface area contributed by atoms with Crippen molar-refractivity contribution in [1.82, 2.24) is 0 Å². The summed E-state index contributed by atoms with van der Waals surface area (Å²) >= 11 is 0. The van der Waals surface area contributed by atoms with Gasteiger partial charge < -0.3 is 45.4 Å². The Morgan fingerprint density at radius 1 is 0.788 bits per heavy atom. The topological polar surface area (TPSA) is 3.88 Å². The lowest BCUT2D eigenvalue weighted by Gasteiger charge is -2.31. The van der Waals surface area contributed by atoms with Crippen LogP contribution >= 0.6 is 0 Å². The van der Waals surface area contributed by atoms with Crippen molar-refractivity contribution in [2.75, 3.05) is 20.6 Å². The number of nitrogens with zero attached hydrogens (tertiary/aromatic N) is 2.